The van der Waals surface area contributed by atoms with Gasteiger partial charge in [-0.2, -0.15) is 0 Å². The Morgan fingerprint density at radius 1 is 0.895 bits per heavy atom. The predicted molar refractivity (Wildman–Crippen MR) is 87.8 cm³/mol. The lowest BCUT2D eigenvalue weighted by atomic mass is 9.97. The van der Waals surface area contributed by atoms with Crippen molar-refractivity contribution in [1.82, 2.24) is 10.2 Å². The van der Waals surface area contributed by atoms with Crippen molar-refractivity contribution >= 4 is 0 Å². The summed E-state index contributed by atoms with van der Waals surface area (Å²) in [6.07, 6.45) is 8.29. The molecule has 0 spiro atoms. The third-order valence-corrected chi connectivity index (χ3v) is 3.65. The van der Waals surface area contributed by atoms with Gasteiger partial charge in [-0.1, -0.05) is 46.5 Å². The first-order valence-electron chi connectivity index (χ1n) is 8.24. The third kappa shape index (κ3) is 14.1. The highest BCUT2D eigenvalue weighted by Gasteiger charge is 2.08. The van der Waals surface area contributed by atoms with Crippen molar-refractivity contribution in [2.45, 2.75) is 79.2 Å². The predicted octanol–water partition coefficient (Wildman–Crippen LogP) is 4.30. The molecule has 0 atom stereocenters. The van der Waals surface area contributed by atoms with Crippen LogP contribution in [0.25, 0.3) is 0 Å². The van der Waals surface area contributed by atoms with Gasteiger partial charge in [0.1, 0.15) is 0 Å². The normalized spacial score (nSPS) is 12.6. The smallest absolute Gasteiger partial charge is 0.00355 e. The minimum Gasteiger partial charge on any atom is -0.316 e. The molecule has 0 rings (SSSR count). The van der Waals surface area contributed by atoms with Crippen LogP contribution >= 0.6 is 0 Å². The van der Waals surface area contributed by atoms with Gasteiger partial charge in [-0.05, 0) is 58.8 Å². The van der Waals surface area contributed by atoms with E-state index >= 15 is 0 Å². The summed E-state index contributed by atoms with van der Waals surface area (Å²) in [6, 6.07) is 0.689. The second-order valence-corrected chi connectivity index (χ2v) is 7.43. The highest BCUT2D eigenvalue weighted by Crippen LogP contribution is 2.10. The maximum atomic E-state index is 3.55. The minimum absolute atomic E-state index is 0.419. The van der Waals surface area contributed by atoms with Gasteiger partial charge in [-0.15, -0.1) is 0 Å². The fraction of sp³-hybridized carbons (Fsp3) is 1.00. The minimum atomic E-state index is 0.419. The molecule has 0 saturated carbocycles. The molecule has 0 aromatic heterocycles. The molecule has 0 heterocycles. The molecule has 1 N–H and O–H groups in total. The van der Waals surface area contributed by atoms with Crippen LogP contribution in [0.4, 0.5) is 0 Å². The van der Waals surface area contributed by atoms with E-state index in [9.17, 15) is 0 Å². The molecule has 0 aromatic carbocycles. The van der Waals surface area contributed by atoms with Crippen LogP contribution in [-0.4, -0.2) is 37.6 Å². The molecule has 2 heteroatoms. The monoisotopic (exact) mass is 270 g/mol. The van der Waals surface area contributed by atoms with Gasteiger partial charge in [-0.3, -0.25) is 0 Å². The molecule has 0 aromatic rings. The van der Waals surface area contributed by atoms with E-state index in [4.69, 9.17) is 0 Å². The van der Waals surface area contributed by atoms with E-state index in [0.29, 0.717) is 11.5 Å². The average Bonchev–Trinajstić information content (AvgIpc) is 2.29. The Labute approximate surface area is 122 Å². The summed E-state index contributed by atoms with van der Waals surface area (Å²) in [7, 11) is 2.23. The molecular weight excluding hydrogens is 232 g/mol. The summed E-state index contributed by atoms with van der Waals surface area (Å²) in [5.74, 6) is 0. The van der Waals surface area contributed by atoms with Crippen LogP contribution < -0.4 is 5.32 Å². The Hall–Kier alpha value is -0.0800. The van der Waals surface area contributed by atoms with E-state index in [2.05, 4.69) is 51.9 Å². The lowest BCUT2D eigenvalue weighted by Crippen LogP contribution is -2.27. The zero-order valence-electron chi connectivity index (χ0n) is 14.4. The van der Waals surface area contributed by atoms with Gasteiger partial charge in [0, 0.05) is 6.04 Å². The Morgan fingerprint density at radius 3 is 1.95 bits per heavy atom. The molecule has 2 nitrogen and oxygen atoms in total. The summed E-state index contributed by atoms with van der Waals surface area (Å²) < 4.78 is 0. The van der Waals surface area contributed by atoms with E-state index in [1.54, 1.807) is 0 Å². The van der Waals surface area contributed by atoms with E-state index < -0.39 is 0 Å². The lowest BCUT2D eigenvalue weighted by molar-refractivity contribution is 0.267. The van der Waals surface area contributed by atoms with Crippen molar-refractivity contribution in [1.29, 1.82) is 0 Å². The van der Waals surface area contributed by atoms with Crippen molar-refractivity contribution in [2.24, 2.45) is 5.41 Å². The van der Waals surface area contributed by atoms with E-state index in [0.717, 1.165) is 6.54 Å². The Bertz CT molecular complexity index is 194. The van der Waals surface area contributed by atoms with E-state index in [1.165, 1.54) is 51.6 Å². The van der Waals surface area contributed by atoms with Crippen molar-refractivity contribution < 1.29 is 0 Å². The topological polar surface area (TPSA) is 15.3 Å². The van der Waals surface area contributed by atoms with Gasteiger partial charge in [0.15, 0.2) is 0 Å². The molecule has 0 radical (unpaired) electrons. The molecule has 0 amide bonds. The second-order valence-electron chi connectivity index (χ2n) is 7.43. The number of hydrogen-bond donors (Lipinski definition) is 1. The first-order chi connectivity index (χ1) is 8.83. The molecule has 0 unspecified atom stereocenters. The van der Waals surface area contributed by atoms with Crippen molar-refractivity contribution in [3.05, 3.63) is 0 Å². The second kappa shape index (κ2) is 10.7. The van der Waals surface area contributed by atoms with E-state index in [-0.39, 0.29) is 0 Å². The van der Waals surface area contributed by atoms with Gasteiger partial charge < -0.3 is 10.2 Å². The fourth-order valence-corrected chi connectivity index (χ4v) is 2.04. The standard InChI is InChI=1S/C17H38N2/c1-16(2)19(6)14-12-10-8-7-9-11-13-18-15-17(3,4)5/h16,18H,7-15H2,1-6H3. The van der Waals surface area contributed by atoms with Gasteiger partial charge in [-0.25, -0.2) is 0 Å². The first-order valence-corrected chi connectivity index (χ1v) is 8.24. The Balaban J connectivity index is 3.15. The largest absolute Gasteiger partial charge is 0.316 e. The Morgan fingerprint density at radius 2 is 1.42 bits per heavy atom. The van der Waals surface area contributed by atoms with Crippen molar-refractivity contribution in [3.8, 4) is 0 Å². The number of hydrogen-bond acceptors (Lipinski definition) is 2. The van der Waals surface area contributed by atoms with Gasteiger partial charge in [0.2, 0.25) is 0 Å². The van der Waals surface area contributed by atoms with Crippen LogP contribution in [0, 0.1) is 5.41 Å². The summed E-state index contributed by atoms with van der Waals surface area (Å²) >= 11 is 0. The summed E-state index contributed by atoms with van der Waals surface area (Å²) in [4.78, 5) is 2.44. The molecule has 19 heavy (non-hydrogen) atoms. The number of nitrogens with one attached hydrogen (secondary N) is 1. The van der Waals surface area contributed by atoms with Crippen LogP contribution in [0.5, 0.6) is 0 Å². The SMILES string of the molecule is CC(C)N(C)CCCCCCCCNCC(C)(C)C. The zero-order valence-corrected chi connectivity index (χ0v) is 14.4. The first kappa shape index (κ1) is 18.9. The van der Waals surface area contributed by atoms with Crippen LogP contribution in [-0.2, 0) is 0 Å². The maximum absolute atomic E-state index is 3.55. The molecule has 116 valence electrons. The van der Waals surface area contributed by atoms with Crippen molar-refractivity contribution in [2.75, 3.05) is 26.7 Å². The zero-order chi connectivity index (χ0) is 14.7. The van der Waals surface area contributed by atoms with Crippen LogP contribution in [0.1, 0.15) is 73.1 Å². The van der Waals surface area contributed by atoms with Crippen molar-refractivity contribution in [3.63, 3.8) is 0 Å². The molecule has 0 bridgehead atoms. The van der Waals surface area contributed by atoms with Crippen LogP contribution in [0.15, 0.2) is 0 Å². The van der Waals surface area contributed by atoms with Gasteiger partial charge in [0.25, 0.3) is 0 Å². The van der Waals surface area contributed by atoms with Crippen LogP contribution in [0.3, 0.4) is 0 Å². The lowest BCUT2D eigenvalue weighted by Gasteiger charge is -2.20. The quantitative estimate of drug-likeness (QED) is 0.563. The average molecular weight is 271 g/mol. The highest BCUT2D eigenvalue weighted by atomic mass is 15.1. The summed E-state index contributed by atoms with van der Waals surface area (Å²) in [5, 5.41) is 3.55. The molecule has 0 aliphatic rings. The summed E-state index contributed by atoms with van der Waals surface area (Å²) in [6.45, 7) is 15.0. The molecule has 0 aliphatic carbocycles. The third-order valence-electron chi connectivity index (χ3n) is 3.65. The number of nitrogens with zero attached hydrogens (tertiary/aromatic N) is 1. The Kier molecular flexibility index (Phi) is 10.6. The molecular formula is C17H38N2. The van der Waals surface area contributed by atoms with E-state index in [1.807, 2.05) is 0 Å². The number of rotatable bonds is 11. The number of unbranched alkanes of at least 4 members (excludes halogenated alkanes) is 5. The van der Waals surface area contributed by atoms with Gasteiger partial charge in [0.05, 0.1) is 0 Å². The van der Waals surface area contributed by atoms with Crippen LogP contribution in [0.2, 0.25) is 0 Å². The molecule has 0 fully saturated rings. The summed E-state index contributed by atoms with van der Waals surface area (Å²) in [5.41, 5.74) is 0.419. The fourth-order valence-electron chi connectivity index (χ4n) is 2.04. The van der Waals surface area contributed by atoms with Gasteiger partial charge >= 0.3 is 0 Å². The molecule has 0 aliphatic heterocycles. The molecule has 0 saturated heterocycles. The maximum Gasteiger partial charge on any atom is 0.00355 e. The highest BCUT2D eigenvalue weighted by molar-refractivity contribution is 4.64.